The normalized spacial score (nSPS) is 21.3. The number of rotatable bonds is 2. The maximum absolute atomic E-state index is 13.4. The molecular weight excluding hydrogens is 354 g/mol. The van der Waals surface area contributed by atoms with E-state index in [-0.39, 0.29) is 11.9 Å². The van der Waals surface area contributed by atoms with E-state index in [1.54, 1.807) is 11.0 Å². The van der Waals surface area contributed by atoms with E-state index in [1.807, 2.05) is 36.4 Å². The van der Waals surface area contributed by atoms with E-state index in [0.29, 0.717) is 24.5 Å². The summed E-state index contributed by atoms with van der Waals surface area (Å²) in [4.78, 5) is 35.0. The number of hydrogen-bond donors (Lipinski definition) is 1. The summed E-state index contributed by atoms with van der Waals surface area (Å²) < 4.78 is 4.84. The van der Waals surface area contributed by atoms with Gasteiger partial charge in [-0.3, -0.25) is 9.69 Å². The van der Waals surface area contributed by atoms with Crippen molar-refractivity contribution >= 4 is 28.9 Å². The van der Waals surface area contributed by atoms with Gasteiger partial charge in [0.15, 0.2) is 0 Å². The van der Waals surface area contributed by atoms with Gasteiger partial charge in [-0.2, -0.15) is 0 Å². The number of carbonyl (C=O) groups is 2. The molecule has 1 fully saturated rings. The number of benzene rings is 2. The van der Waals surface area contributed by atoms with Crippen molar-refractivity contribution in [1.29, 1.82) is 0 Å². The Kier molecular flexibility index (Phi) is 3.75. The minimum absolute atomic E-state index is 0.126. The van der Waals surface area contributed by atoms with Crippen LogP contribution >= 0.6 is 0 Å². The lowest BCUT2D eigenvalue weighted by molar-refractivity contribution is -0.126. The Labute approximate surface area is 162 Å². The topological polar surface area (TPSA) is 75.3 Å². The van der Waals surface area contributed by atoms with Crippen molar-refractivity contribution in [2.45, 2.75) is 25.7 Å². The highest BCUT2D eigenvalue weighted by atomic mass is 16.5. The number of aromatic amines is 1. The highest BCUT2D eigenvalue weighted by Gasteiger charge is 2.49. The molecule has 1 spiro atoms. The van der Waals surface area contributed by atoms with Crippen LogP contribution in [0.1, 0.15) is 34.3 Å². The molecule has 1 amide bonds. The van der Waals surface area contributed by atoms with Crippen molar-refractivity contribution in [2.24, 2.45) is 5.41 Å². The minimum atomic E-state index is -0.416. The first-order valence-electron chi connectivity index (χ1n) is 9.56. The zero-order valence-corrected chi connectivity index (χ0v) is 15.7. The van der Waals surface area contributed by atoms with Gasteiger partial charge in [0.2, 0.25) is 11.9 Å². The van der Waals surface area contributed by atoms with Crippen LogP contribution < -0.4 is 4.90 Å². The summed E-state index contributed by atoms with van der Waals surface area (Å²) >= 11 is 0. The summed E-state index contributed by atoms with van der Waals surface area (Å²) in [6, 6.07) is 13.5. The van der Waals surface area contributed by atoms with Crippen LogP contribution in [0.4, 0.5) is 5.95 Å². The molecule has 0 bridgehead atoms. The molecule has 1 aliphatic heterocycles. The number of methoxy groups -OCH3 is 1. The zero-order valence-electron chi connectivity index (χ0n) is 15.7. The molecule has 0 saturated carbocycles. The molecule has 1 N–H and O–H groups in total. The summed E-state index contributed by atoms with van der Waals surface area (Å²) in [5.41, 5.74) is 4.21. The number of nitrogens with zero attached hydrogens (tertiary/aromatic N) is 2. The van der Waals surface area contributed by atoms with Gasteiger partial charge in [-0.15, -0.1) is 0 Å². The van der Waals surface area contributed by atoms with E-state index in [2.05, 4.69) is 9.97 Å². The average molecular weight is 375 g/mol. The largest absolute Gasteiger partial charge is 0.465 e. The van der Waals surface area contributed by atoms with Crippen molar-refractivity contribution in [3.63, 3.8) is 0 Å². The summed E-state index contributed by atoms with van der Waals surface area (Å²) in [7, 11) is 1.38. The number of ether oxygens (including phenoxy) is 1. The monoisotopic (exact) mass is 375 g/mol. The number of fused-ring (bicyclic) bond motifs is 2. The first-order chi connectivity index (χ1) is 13.6. The van der Waals surface area contributed by atoms with Crippen LogP contribution in [0.5, 0.6) is 0 Å². The molecule has 1 aliphatic carbocycles. The molecular formula is C22H21N3O3. The number of aryl methyl sites for hydroxylation is 1. The number of H-pyrrole nitrogens is 1. The van der Waals surface area contributed by atoms with Gasteiger partial charge in [0.05, 0.1) is 29.1 Å². The Morgan fingerprint density at radius 3 is 2.86 bits per heavy atom. The van der Waals surface area contributed by atoms with Gasteiger partial charge in [0.1, 0.15) is 0 Å². The molecule has 2 aromatic carbocycles. The quantitative estimate of drug-likeness (QED) is 0.698. The summed E-state index contributed by atoms with van der Waals surface area (Å²) in [6.07, 6.45) is 3.12. The minimum Gasteiger partial charge on any atom is -0.465 e. The number of nitrogens with one attached hydrogen (secondary N) is 1. The highest BCUT2D eigenvalue weighted by molar-refractivity contribution is 6.00. The van der Waals surface area contributed by atoms with Crippen molar-refractivity contribution < 1.29 is 14.3 Å². The van der Waals surface area contributed by atoms with Crippen LogP contribution in [0, 0.1) is 5.41 Å². The molecule has 0 unspecified atom stereocenters. The number of amides is 1. The lowest BCUT2D eigenvalue weighted by Gasteiger charge is -2.33. The third kappa shape index (κ3) is 2.52. The fraction of sp³-hybridized carbons (Fsp3) is 0.318. The summed E-state index contributed by atoms with van der Waals surface area (Å²) in [5, 5.41) is 0. The molecule has 1 atom stereocenters. The van der Waals surface area contributed by atoms with E-state index in [0.717, 1.165) is 35.9 Å². The SMILES string of the molecule is COC(=O)c1ccc2c(c1)C[C@@]1(CC2)CCN(c2nc3ccccc3[nH]2)C1=O. The van der Waals surface area contributed by atoms with Gasteiger partial charge >= 0.3 is 5.97 Å². The highest BCUT2D eigenvalue weighted by Crippen LogP contribution is 2.44. The fourth-order valence-corrected chi connectivity index (χ4v) is 4.59. The van der Waals surface area contributed by atoms with Crippen LogP contribution in [0.25, 0.3) is 11.0 Å². The van der Waals surface area contributed by atoms with Crippen LogP contribution in [0.2, 0.25) is 0 Å². The lowest BCUT2D eigenvalue weighted by Crippen LogP contribution is -2.39. The van der Waals surface area contributed by atoms with Gasteiger partial charge in [0, 0.05) is 6.54 Å². The van der Waals surface area contributed by atoms with E-state index in [4.69, 9.17) is 4.74 Å². The second kappa shape index (κ2) is 6.19. The number of imidazole rings is 1. The number of hydrogen-bond acceptors (Lipinski definition) is 4. The zero-order chi connectivity index (χ0) is 19.3. The molecule has 5 rings (SSSR count). The first-order valence-corrected chi connectivity index (χ1v) is 9.56. The van der Waals surface area contributed by atoms with Crippen molar-refractivity contribution in [3.05, 3.63) is 59.2 Å². The Morgan fingerprint density at radius 1 is 1.18 bits per heavy atom. The molecule has 1 saturated heterocycles. The molecule has 2 aliphatic rings. The molecule has 3 aromatic rings. The average Bonchev–Trinajstić information content (AvgIpc) is 3.28. The third-order valence-corrected chi connectivity index (χ3v) is 6.17. The van der Waals surface area contributed by atoms with Gasteiger partial charge in [0.25, 0.3) is 0 Å². The second-order valence-electron chi connectivity index (χ2n) is 7.72. The van der Waals surface area contributed by atoms with E-state index >= 15 is 0 Å². The van der Waals surface area contributed by atoms with Crippen molar-refractivity contribution in [3.8, 4) is 0 Å². The third-order valence-electron chi connectivity index (χ3n) is 6.17. The Bertz CT molecular complexity index is 1070. The Morgan fingerprint density at radius 2 is 2.04 bits per heavy atom. The number of carbonyl (C=O) groups excluding carboxylic acids is 2. The molecule has 142 valence electrons. The van der Waals surface area contributed by atoms with Crippen LogP contribution in [0.15, 0.2) is 42.5 Å². The van der Waals surface area contributed by atoms with E-state index in [9.17, 15) is 9.59 Å². The lowest BCUT2D eigenvalue weighted by atomic mass is 9.70. The number of aromatic nitrogens is 2. The smallest absolute Gasteiger partial charge is 0.337 e. The van der Waals surface area contributed by atoms with Crippen LogP contribution in [-0.4, -0.2) is 35.5 Å². The van der Waals surface area contributed by atoms with Gasteiger partial charge < -0.3 is 9.72 Å². The van der Waals surface area contributed by atoms with Crippen LogP contribution in [-0.2, 0) is 22.4 Å². The predicted octanol–water partition coefficient (Wildman–Crippen LogP) is 3.26. The van der Waals surface area contributed by atoms with Crippen LogP contribution in [0.3, 0.4) is 0 Å². The van der Waals surface area contributed by atoms with E-state index in [1.165, 1.54) is 12.7 Å². The molecule has 28 heavy (non-hydrogen) atoms. The standard InChI is InChI=1S/C22H21N3O3/c1-28-19(26)15-7-6-14-8-9-22(13-16(14)12-15)10-11-25(20(22)27)21-23-17-4-2-3-5-18(17)24-21/h2-7,12H,8-11,13H2,1H3,(H,23,24)/t22-/m1/s1. The Balaban J connectivity index is 1.45. The maximum Gasteiger partial charge on any atom is 0.337 e. The number of para-hydroxylation sites is 2. The maximum atomic E-state index is 13.4. The molecule has 0 radical (unpaired) electrons. The number of anilines is 1. The first kappa shape index (κ1) is 17.0. The predicted molar refractivity (Wildman–Crippen MR) is 105 cm³/mol. The Hall–Kier alpha value is -3.15. The molecule has 6 heteroatoms. The van der Waals surface area contributed by atoms with E-state index < -0.39 is 5.41 Å². The van der Waals surface area contributed by atoms with Gasteiger partial charge in [-0.25, -0.2) is 9.78 Å². The fourth-order valence-electron chi connectivity index (χ4n) is 4.59. The molecule has 2 heterocycles. The van der Waals surface area contributed by atoms with Gasteiger partial charge in [-0.05, 0) is 61.1 Å². The van der Waals surface area contributed by atoms with Crippen molar-refractivity contribution in [2.75, 3.05) is 18.6 Å². The second-order valence-corrected chi connectivity index (χ2v) is 7.72. The molecule has 1 aromatic heterocycles. The summed E-state index contributed by atoms with van der Waals surface area (Å²) in [5.74, 6) is 0.405. The molecule has 6 nitrogen and oxygen atoms in total. The van der Waals surface area contributed by atoms with Gasteiger partial charge in [-0.1, -0.05) is 18.2 Å². The summed E-state index contributed by atoms with van der Waals surface area (Å²) in [6.45, 7) is 0.657. The number of esters is 1. The van der Waals surface area contributed by atoms with Crippen molar-refractivity contribution in [1.82, 2.24) is 9.97 Å².